The van der Waals surface area contributed by atoms with Gasteiger partial charge < -0.3 is 10.1 Å². The number of hydrogen-bond donors (Lipinski definition) is 1. The van der Waals surface area contributed by atoms with Gasteiger partial charge in [0.15, 0.2) is 0 Å². The van der Waals surface area contributed by atoms with E-state index in [2.05, 4.69) is 49.3 Å². The Hall–Kier alpha value is -2.27. The highest BCUT2D eigenvalue weighted by Crippen LogP contribution is 2.16. The van der Waals surface area contributed by atoms with Gasteiger partial charge in [0.25, 0.3) is 0 Å². The summed E-state index contributed by atoms with van der Waals surface area (Å²) in [6.07, 6.45) is 0.877. The number of aromatic nitrogens is 4. The molecule has 1 aliphatic heterocycles. The highest BCUT2D eigenvalue weighted by atomic mass is 32.2. The number of nitrogens with one attached hydrogen (secondary N) is 1. The first kappa shape index (κ1) is 21.9. The lowest BCUT2D eigenvalue weighted by Gasteiger charge is -2.27. The number of benzene rings is 1. The molecule has 0 saturated carbocycles. The SMILES string of the molecule is O=C(CSc1nnnn1CCc1cccs1)NCc1ccccc1CN1CCOCC1. The second-order valence-electron chi connectivity index (χ2n) is 7.24. The summed E-state index contributed by atoms with van der Waals surface area (Å²) in [5.41, 5.74) is 2.39. The van der Waals surface area contributed by atoms with Gasteiger partial charge in [0.05, 0.1) is 25.5 Å². The van der Waals surface area contributed by atoms with Crippen molar-refractivity contribution in [1.82, 2.24) is 30.4 Å². The van der Waals surface area contributed by atoms with Crippen LogP contribution in [0.25, 0.3) is 0 Å². The maximum atomic E-state index is 12.4. The zero-order valence-electron chi connectivity index (χ0n) is 17.3. The first-order valence-electron chi connectivity index (χ1n) is 10.3. The largest absolute Gasteiger partial charge is 0.379 e. The smallest absolute Gasteiger partial charge is 0.230 e. The van der Waals surface area contributed by atoms with E-state index in [1.165, 1.54) is 22.2 Å². The molecule has 3 heterocycles. The number of morpholine rings is 1. The van der Waals surface area contributed by atoms with Crippen LogP contribution < -0.4 is 5.32 Å². The number of carbonyl (C=O) groups excluding carboxylic acids is 1. The summed E-state index contributed by atoms with van der Waals surface area (Å²) in [4.78, 5) is 16.1. The van der Waals surface area contributed by atoms with Crippen molar-refractivity contribution in [3.8, 4) is 0 Å². The number of tetrazole rings is 1. The van der Waals surface area contributed by atoms with Crippen molar-refractivity contribution >= 4 is 29.0 Å². The van der Waals surface area contributed by atoms with Crippen molar-refractivity contribution in [3.05, 3.63) is 57.8 Å². The Morgan fingerprint density at radius 1 is 1.16 bits per heavy atom. The van der Waals surface area contributed by atoms with Crippen LogP contribution >= 0.6 is 23.1 Å². The molecule has 1 saturated heterocycles. The average Bonchev–Trinajstić information content (AvgIpc) is 3.48. The van der Waals surface area contributed by atoms with Crippen molar-refractivity contribution in [2.24, 2.45) is 0 Å². The number of rotatable bonds is 10. The molecule has 8 nitrogen and oxygen atoms in total. The summed E-state index contributed by atoms with van der Waals surface area (Å²) < 4.78 is 7.19. The quantitative estimate of drug-likeness (QED) is 0.466. The van der Waals surface area contributed by atoms with Gasteiger partial charge in [-0.1, -0.05) is 42.1 Å². The first-order chi connectivity index (χ1) is 15.3. The molecule has 164 valence electrons. The lowest BCUT2D eigenvalue weighted by atomic mass is 10.1. The molecule has 1 aliphatic rings. The van der Waals surface area contributed by atoms with E-state index in [4.69, 9.17) is 4.74 Å². The Labute approximate surface area is 190 Å². The molecule has 1 fully saturated rings. The Morgan fingerprint density at radius 2 is 2.00 bits per heavy atom. The number of ether oxygens (including phenoxy) is 1. The van der Waals surface area contributed by atoms with Gasteiger partial charge in [0, 0.05) is 37.5 Å². The van der Waals surface area contributed by atoms with Crippen LogP contribution in [0, 0.1) is 0 Å². The number of nitrogens with zero attached hydrogens (tertiary/aromatic N) is 5. The predicted octanol–water partition coefficient (Wildman–Crippen LogP) is 2.22. The maximum Gasteiger partial charge on any atom is 0.230 e. The fraction of sp³-hybridized carbons (Fsp3) is 0.429. The highest BCUT2D eigenvalue weighted by molar-refractivity contribution is 7.99. The molecule has 0 radical (unpaired) electrons. The molecule has 10 heteroatoms. The number of amides is 1. The lowest BCUT2D eigenvalue weighted by Crippen LogP contribution is -2.36. The van der Waals surface area contributed by atoms with Gasteiger partial charge in [-0.2, -0.15) is 0 Å². The number of aryl methyl sites for hydroxylation is 2. The molecule has 31 heavy (non-hydrogen) atoms. The van der Waals surface area contributed by atoms with Crippen LogP contribution in [0.4, 0.5) is 0 Å². The van der Waals surface area contributed by atoms with E-state index >= 15 is 0 Å². The molecule has 0 aliphatic carbocycles. The summed E-state index contributed by atoms with van der Waals surface area (Å²) in [5, 5.41) is 17.6. The van der Waals surface area contributed by atoms with E-state index in [0.717, 1.165) is 44.8 Å². The molecule has 0 atom stereocenters. The van der Waals surface area contributed by atoms with E-state index in [9.17, 15) is 4.79 Å². The molecule has 1 aromatic carbocycles. The highest BCUT2D eigenvalue weighted by Gasteiger charge is 2.14. The maximum absolute atomic E-state index is 12.4. The molecule has 0 bridgehead atoms. The standard InChI is InChI=1S/C21H26N6O2S2/c28-20(16-31-21-23-24-25-27(21)8-7-19-6-3-13-30-19)22-14-17-4-1-2-5-18(17)15-26-9-11-29-12-10-26/h1-6,13H,7-12,14-16H2,(H,22,28). The predicted molar refractivity (Wildman–Crippen MR) is 121 cm³/mol. The fourth-order valence-corrected chi connectivity index (χ4v) is 4.80. The van der Waals surface area contributed by atoms with Gasteiger partial charge in [0.1, 0.15) is 0 Å². The number of hydrogen-bond acceptors (Lipinski definition) is 8. The normalized spacial score (nSPS) is 14.6. The van der Waals surface area contributed by atoms with Crippen LogP contribution in [0.15, 0.2) is 46.9 Å². The van der Waals surface area contributed by atoms with Gasteiger partial charge in [-0.05, 0) is 33.0 Å². The number of thioether (sulfide) groups is 1. The first-order valence-corrected chi connectivity index (χ1v) is 12.2. The van der Waals surface area contributed by atoms with Crippen LogP contribution in [0.2, 0.25) is 0 Å². The lowest BCUT2D eigenvalue weighted by molar-refractivity contribution is -0.118. The molecular formula is C21H26N6O2S2. The van der Waals surface area contributed by atoms with E-state index in [-0.39, 0.29) is 11.7 Å². The van der Waals surface area contributed by atoms with E-state index in [1.807, 2.05) is 18.2 Å². The Kier molecular flexibility index (Phi) is 8.05. The van der Waals surface area contributed by atoms with Gasteiger partial charge in [-0.25, -0.2) is 4.68 Å². The van der Waals surface area contributed by atoms with E-state index < -0.39 is 0 Å². The second-order valence-corrected chi connectivity index (χ2v) is 9.21. The summed E-state index contributed by atoms with van der Waals surface area (Å²) in [6.45, 7) is 5.54. The van der Waals surface area contributed by atoms with Crippen molar-refractivity contribution in [2.45, 2.75) is 31.2 Å². The van der Waals surface area contributed by atoms with Gasteiger partial charge in [0.2, 0.25) is 11.1 Å². The second kappa shape index (κ2) is 11.4. The van der Waals surface area contributed by atoms with Crippen molar-refractivity contribution in [1.29, 1.82) is 0 Å². The van der Waals surface area contributed by atoms with Crippen LogP contribution in [0.3, 0.4) is 0 Å². The van der Waals surface area contributed by atoms with Crippen LogP contribution in [-0.2, 0) is 35.6 Å². The van der Waals surface area contributed by atoms with Gasteiger partial charge in [-0.3, -0.25) is 9.69 Å². The van der Waals surface area contributed by atoms with Crippen molar-refractivity contribution in [3.63, 3.8) is 0 Å². The number of carbonyl (C=O) groups is 1. The van der Waals surface area contributed by atoms with Crippen LogP contribution in [0.5, 0.6) is 0 Å². The molecule has 0 spiro atoms. The zero-order chi connectivity index (χ0) is 21.3. The molecule has 2 aromatic heterocycles. The minimum Gasteiger partial charge on any atom is -0.379 e. The molecule has 4 rings (SSSR count). The summed E-state index contributed by atoms with van der Waals surface area (Å²) >= 11 is 3.09. The molecular weight excluding hydrogens is 432 g/mol. The Bertz CT molecular complexity index is 956. The van der Waals surface area contributed by atoms with E-state index in [1.54, 1.807) is 16.0 Å². The third-order valence-corrected chi connectivity index (χ3v) is 6.97. The molecule has 1 amide bonds. The van der Waals surface area contributed by atoms with Crippen LogP contribution in [-0.4, -0.2) is 63.1 Å². The van der Waals surface area contributed by atoms with Gasteiger partial charge >= 0.3 is 0 Å². The van der Waals surface area contributed by atoms with Crippen molar-refractivity contribution in [2.75, 3.05) is 32.1 Å². The van der Waals surface area contributed by atoms with Gasteiger partial charge in [-0.15, -0.1) is 16.4 Å². The zero-order valence-corrected chi connectivity index (χ0v) is 18.9. The fourth-order valence-electron chi connectivity index (χ4n) is 3.37. The number of thiophene rings is 1. The Morgan fingerprint density at radius 3 is 2.81 bits per heavy atom. The minimum atomic E-state index is -0.0287. The monoisotopic (exact) mass is 458 g/mol. The third-order valence-electron chi connectivity index (χ3n) is 5.07. The minimum absolute atomic E-state index is 0.0287. The topological polar surface area (TPSA) is 85.2 Å². The molecule has 1 N–H and O–H groups in total. The Balaban J connectivity index is 1.24. The summed E-state index contributed by atoms with van der Waals surface area (Å²) in [7, 11) is 0. The van der Waals surface area contributed by atoms with Crippen molar-refractivity contribution < 1.29 is 9.53 Å². The third kappa shape index (κ3) is 6.60. The van der Waals surface area contributed by atoms with E-state index in [0.29, 0.717) is 18.2 Å². The average molecular weight is 459 g/mol. The summed E-state index contributed by atoms with van der Waals surface area (Å²) in [5.74, 6) is 0.254. The molecule has 0 unspecified atom stereocenters. The summed E-state index contributed by atoms with van der Waals surface area (Å²) in [6, 6.07) is 12.4. The van der Waals surface area contributed by atoms with Crippen LogP contribution in [0.1, 0.15) is 16.0 Å². The molecule has 3 aromatic rings.